The van der Waals surface area contributed by atoms with Gasteiger partial charge in [-0.15, -0.1) is 0 Å². The number of hydrogen-bond donors (Lipinski definition) is 1. The molecular formula is C9H13F3O2. The van der Waals surface area contributed by atoms with Crippen LogP contribution in [0.2, 0.25) is 0 Å². The first-order valence-electron chi connectivity index (χ1n) is 4.71. The van der Waals surface area contributed by atoms with Crippen LogP contribution < -0.4 is 0 Å². The van der Waals surface area contributed by atoms with Crippen LogP contribution in [0.5, 0.6) is 0 Å². The second-order valence-corrected chi connectivity index (χ2v) is 3.73. The molecule has 1 N–H and O–H groups in total. The first-order valence-corrected chi connectivity index (χ1v) is 4.71. The average molecular weight is 210 g/mol. The molecule has 0 spiro atoms. The van der Waals surface area contributed by atoms with Crippen molar-refractivity contribution in [3.63, 3.8) is 0 Å². The molecule has 5 heteroatoms. The minimum Gasteiger partial charge on any atom is -0.477 e. The topological polar surface area (TPSA) is 37.3 Å². The van der Waals surface area contributed by atoms with Crippen LogP contribution in [-0.4, -0.2) is 23.2 Å². The molecule has 0 amide bonds. The van der Waals surface area contributed by atoms with Gasteiger partial charge in [0, 0.05) is 0 Å². The average Bonchev–Trinajstić information content (AvgIpc) is 2.17. The van der Waals surface area contributed by atoms with Gasteiger partial charge in [0.15, 0.2) is 6.17 Å². The van der Waals surface area contributed by atoms with E-state index >= 15 is 0 Å². The first kappa shape index (κ1) is 11.3. The van der Waals surface area contributed by atoms with Gasteiger partial charge in [0.25, 0.3) is 0 Å². The van der Waals surface area contributed by atoms with Crippen molar-refractivity contribution in [1.29, 1.82) is 0 Å². The van der Waals surface area contributed by atoms with Crippen molar-refractivity contribution in [2.45, 2.75) is 44.2 Å². The minimum atomic E-state index is -4.23. The normalized spacial score (nSPS) is 21.9. The van der Waals surface area contributed by atoms with E-state index in [0.717, 1.165) is 6.42 Å². The summed E-state index contributed by atoms with van der Waals surface area (Å²) >= 11 is 0. The monoisotopic (exact) mass is 210 g/mol. The highest BCUT2D eigenvalue weighted by Gasteiger charge is 2.51. The van der Waals surface area contributed by atoms with E-state index in [1.54, 1.807) is 0 Å². The van der Waals surface area contributed by atoms with E-state index in [-0.39, 0.29) is 0 Å². The Balaban J connectivity index is 2.62. The molecule has 0 aromatic rings. The van der Waals surface area contributed by atoms with Gasteiger partial charge < -0.3 is 5.11 Å². The highest BCUT2D eigenvalue weighted by atomic mass is 19.3. The van der Waals surface area contributed by atoms with Crippen LogP contribution in [-0.2, 0) is 4.79 Å². The van der Waals surface area contributed by atoms with Gasteiger partial charge in [0.2, 0.25) is 0 Å². The molecule has 1 saturated carbocycles. The van der Waals surface area contributed by atoms with Crippen molar-refractivity contribution < 1.29 is 23.1 Å². The number of carboxylic acid groups (broad SMARTS) is 1. The standard InChI is InChI=1S/C9H13F3O2/c10-7(9(11,12)8(13)14)6-4-2-1-3-5-6/h6-7H,1-5H2,(H,13,14). The van der Waals surface area contributed by atoms with E-state index < -0.39 is 24.0 Å². The Labute approximate surface area is 80.1 Å². The van der Waals surface area contributed by atoms with E-state index in [1.807, 2.05) is 0 Å². The third-order valence-electron chi connectivity index (χ3n) is 2.70. The molecule has 0 aliphatic heterocycles. The summed E-state index contributed by atoms with van der Waals surface area (Å²) in [5, 5.41) is 8.15. The van der Waals surface area contributed by atoms with Crippen molar-refractivity contribution in [1.82, 2.24) is 0 Å². The third-order valence-corrected chi connectivity index (χ3v) is 2.70. The Hall–Kier alpha value is -0.740. The number of alkyl halides is 3. The van der Waals surface area contributed by atoms with Crippen LogP contribution in [0.3, 0.4) is 0 Å². The van der Waals surface area contributed by atoms with Gasteiger partial charge in [0.05, 0.1) is 0 Å². The second kappa shape index (κ2) is 4.19. The fourth-order valence-corrected chi connectivity index (χ4v) is 1.84. The fraction of sp³-hybridized carbons (Fsp3) is 0.889. The van der Waals surface area contributed by atoms with E-state index in [1.165, 1.54) is 0 Å². The number of aliphatic carboxylic acids is 1. The molecule has 1 atom stereocenters. The number of hydrogen-bond acceptors (Lipinski definition) is 1. The predicted molar refractivity (Wildman–Crippen MR) is 44.1 cm³/mol. The largest absolute Gasteiger partial charge is 0.477 e. The number of halogens is 3. The molecule has 0 heterocycles. The maximum absolute atomic E-state index is 13.2. The van der Waals surface area contributed by atoms with Gasteiger partial charge in [0.1, 0.15) is 0 Å². The quantitative estimate of drug-likeness (QED) is 0.777. The lowest BCUT2D eigenvalue weighted by molar-refractivity contribution is -0.179. The molecule has 2 nitrogen and oxygen atoms in total. The minimum absolute atomic E-state index is 0.365. The maximum Gasteiger partial charge on any atom is 0.377 e. The van der Waals surface area contributed by atoms with Gasteiger partial charge >= 0.3 is 11.9 Å². The molecule has 0 aromatic heterocycles. The molecule has 1 unspecified atom stereocenters. The maximum atomic E-state index is 13.2. The number of rotatable bonds is 3. The molecule has 0 saturated heterocycles. The Bertz CT molecular complexity index is 212. The van der Waals surface area contributed by atoms with Crippen molar-refractivity contribution in [3.05, 3.63) is 0 Å². The zero-order chi connectivity index (χ0) is 10.8. The zero-order valence-corrected chi connectivity index (χ0v) is 7.68. The zero-order valence-electron chi connectivity index (χ0n) is 7.68. The Morgan fingerprint density at radius 2 is 1.79 bits per heavy atom. The van der Waals surface area contributed by atoms with Crippen molar-refractivity contribution in [2.75, 3.05) is 0 Å². The van der Waals surface area contributed by atoms with Crippen LogP contribution in [0.1, 0.15) is 32.1 Å². The molecule has 1 rings (SSSR count). The summed E-state index contributed by atoms with van der Waals surface area (Å²) in [4.78, 5) is 10.1. The van der Waals surface area contributed by atoms with E-state index in [2.05, 4.69) is 0 Å². The number of carboxylic acids is 1. The molecule has 0 bridgehead atoms. The molecule has 14 heavy (non-hydrogen) atoms. The van der Waals surface area contributed by atoms with Crippen LogP contribution in [0, 0.1) is 5.92 Å². The summed E-state index contributed by atoms with van der Waals surface area (Å²) < 4.78 is 38.7. The van der Waals surface area contributed by atoms with Gasteiger partial charge in [-0.1, -0.05) is 19.3 Å². The number of carbonyl (C=O) groups is 1. The lowest BCUT2D eigenvalue weighted by atomic mass is 9.84. The lowest BCUT2D eigenvalue weighted by Crippen LogP contribution is -2.43. The molecule has 82 valence electrons. The summed E-state index contributed by atoms with van der Waals surface area (Å²) in [6, 6.07) is 0. The summed E-state index contributed by atoms with van der Waals surface area (Å²) in [6.45, 7) is 0. The highest BCUT2D eigenvalue weighted by Crippen LogP contribution is 2.35. The van der Waals surface area contributed by atoms with E-state index in [9.17, 15) is 18.0 Å². The third kappa shape index (κ3) is 2.19. The Morgan fingerprint density at radius 3 is 2.21 bits per heavy atom. The Morgan fingerprint density at radius 1 is 1.29 bits per heavy atom. The summed E-state index contributed by atoms with van der Waals surface area (Å²) in [5.41, 5.74) is 0. The molecule has 0 aromatic carbocycles. The van der Waals surface area contributed by atoms with Crippen molar-refractivity contribution in [2.24, 2.45) is 5.92 Å². The molecule has 1 fully saturated rings. The molecule has 0 radical (unpaired) electrons. The second-order valence-electron chi connectivity index (χ2n) is 3.73. The SMILES string of the molecule is O=C(O)C(F)(F)C(F)C1CCCCC1. The molecule has 1 aliphatic rings. The van der Waals surface area contributed by atoms with Gasteiger partial charge in [-0.05, 0) is 18.8 Å². The van der Waals surface area contributed by atoms with E-state index in [4.69, 9.17) is 5.11 Å². The lowest BCUT2D eigenvalue weighted by Gasteiger charge is -2.27. The summed E-state index contributed by atoms with van der Waals surface area (Å²) in [7, 11) is 0. The molecular weight excluding hydrogens is 197 g/mol. The van der Waals surface area contributed by atoms with Crippen LogP contribution in [0.25, 0.3) is 0 Å². The summed E-state index contributed by atoms with van der Waals surface area (Å²) in [6.07, 6.45) is 0.526. The van der Waals surface area contributed by atoms with Crippen molar-refractivity contribution >= 4 is 5.97 Å². The van der Waals surface area contributed by atoms with E-state index in [0.29, 0.717) is 25.7 Å². The van der Waals surface area contributed by atoms with Crippen LogP contribution in [0.15, 0.2) is 0 Å². The van der Waals surface area contributed by atoms with Crippen LogP contribution >= 0.6 is 0 Å². The van der Waals surface area contributed by atoms with Gasteiger partial charge in [-0.3, -0.25) is 0 Å². The molecule has 1 aliphatic carbocycles. The smallest absolute Gasteiger partial charge is 0.377 e. The fourth-order valence-electron chi connectivity index (χ4n) is 1.84. The van der Waals surface area contributed by atoms with Crippen molar-refractivity contribution in [3.8, 4) is 0 Å². The van der Waals surface area contributed by atoms with Gasteiger partial charge in [-0.2, -0.15) is 8.78 Å². The first-order chi connectivity index (χ1) is 6.46. The predicted octanol–water partition coefficient (Wildman–Crippen LogP) is 2.62. The van der Waals surface area contributed by atoms with Crippen LogP contribution in [0.4, 0.5) is 13.2 Å². The Kier molecular flexibility index (Phi) is 3.39. The summed E-state index contributed by atoms with van der Waals surface area (Å²) in [5.74, 6) is -7.40. The highest BCUT2D eigenvalue weighted by molar-refractivity contribution is 5.76. The van der Waals surface area contributed by atoms with Gasteiger partial charge in [-0.25, -0.2) is 9.18 Å².